The van der Waals surface area contributed by atoms with Crippen LogP contribution in [-0.2, 0) is 14.3 Å². The minimum absolute atomic E-state index is 0.0679. The summed E-state index contributed by atoms with van der Waals surface area (Å²) < 4.78 is 5.41. The molecule has 0 heterocycles. The second-order valence-corrected chi connectivity index (χ2v) is 10.8. The Bertz CT molecular complexity index is 859. The molecule has 1 aromatic carbocycles. The third-order valence-electron chi connectivity index (χ3n) is 5.72. The number of benzene rings is 1. The van der Waals surface area contributed by atoms with Gasteiger partial charge in [-0.15, -0.1) is 0 Å². The Morgan fingerprint density at radius 1 is 1.06 bits per heavy atom. The zero-order valence-corrected chi connectivity index (χ0v) is 21.6. The number of nitrogens with zero attached hydrogens (tertiary/aromatic N) is 1. The lowest BCUT2D eigenvalue weighted by Crippen LogP contribution is -2.56. The molecule has 4 unspecified atom stereocenters. The molecule has 4 atom stereocenters. The van der Waals surface area contributed by atoms with Crippen LogP contribution in [0, 0.1) is 18.8 Å². The average Bonchev–Trinajstić information content (AvgIpc) is 3.38. The van der Waals surface area contributed by atoms with Gasteiger partial charge in [-0.25, -0.2) is 4.79 Å². The van der Waals surface area contributed by atoms with Crippen molar-refractivity contribution in [3.63, 3.8) is 0 Å². The lowest BCUT2D eigenvalue weighted by molar-refractivity contribution is -0.144. The summed E-state index contributed by atoms with van der Waals surface area (Å²) in [6.45, 7) is 16.9. The number of hydrogen-bond donors (Lipinski definition) is 2. The fourth-order valence-electron chi connectivity index (χ4n) is 3.96. The molecular formula is C26H41N3O4. The molecule has 0 spiro atoms. The topological polar surface area (TPSA) is 87.7 Å². The minimum Gasteiger partial charge on any atom is -0.444 e. The SMILES string of the molecule is Cc1ccccc1C(C(=O)NC(C)C)N(C(=O)C(NC(=O)OC(C)(C)C)C(C)C)C1CC1C. The normalized spacial score (nSPS) is 19.6. The Morgan fingerprint density at radius 3 is 2.09 bits per heavy atom. The van der Waals surface area contributed by atoms with Crippen molar-refractivity contribution in [1.82, 2.24) is 15.5 Å². The first-order chi connectivity index (χ1) is 15.2. The number of amides is 3. The highest BCUT2D eigenvalue weighted by atomic mass is 16.6. The standard InChI is InChI=1S/C26H41N3O4/c1-15(2)21(28-25(32)33-26(7,8)9)24(31)29(20-14-18(20)6)22(23(30)27-16(3)4)19-13-11-10-12-17(19)5/h10-13,15-16,18,20-22H,14H2,1-9H3,(H,27,30)(H,28,32). The summed E-state index contributed by atoms with van der Waals surface area (Å²) >= 11 is 0. The van der Waals surface area contributed by atoms with Gasteiger partial charge in [0.1, 0.15) is 17.7 Å². The molecule has 7 heteroatoms. The summed E-state index contributed by atoms with van der Waals surface area (Å²) in [7, 11) is 0. The van der Waals surface area contributed by atoms with Crippen LogP contribution in [0.3, 0.4) is 0 Å². The first kappa shape index (κ1) is 26.7. The molecule has 3 amide bonds. The fourth-order valence-corrected chi connectivity index (χ4v) is 3.96. The first-order valence-corrected chi connectivity index (χ1v) is 11.9. The second kappa shape index (κ2) is 10.6. The van der Waals surface area contributed by atoms with E-state index in [0.717, 1.165) is 17.5 Å². The van der Waals surface area contributed by atoms with Crippen LogP contribution in [0.1, 0.15) is 79.0 Å². The monoisotopic (exact) mass is 459 g/mol. The van der Waals surface area contributed by atoms with E-state index in [9.17, 15) is 14.4 Å². The summed E-state index contributed by atoms with van der Waals surface area (Å²) in [5.41, 5.74) is 1.05. The molecule has 1 aliphatic rings. The van der Waals surface area contributed by atoms with Crippen molar-refractivity contribution in [1.29, 1.82) is 0 Å². The molecule has 184 valence electrons. The van der Waals surface area contributed by atoms with Crippen LogP contribution in [-0.4, -0.2) is 46.5 Å². The number of ether oxygens (including phenoxy) is 1. The van der Waals surface area contributed by atoms with Gasteiger partial charge in [0.05, 0.1) is 0 Å². The molecule has 7 nitrogen and oxygen atoms in total. The highest BCUT2D eigenvalue weighted by Crippen LogP contribution is 2.41. The summed E-state index contributed by atoms with van der Waals surface area (Å²) in [5.74, 6) is -0.391. The molecule has 0 bridgehead atoms. The van der Waals surface area contributed by atoms with Gasteiger partial charge < -0.3 is 20.3 Å². The van der Waals surface area contributed by atoms with Gasteiger partial charge in [0.2, 0.25) is 11.8 Å². The van der Waals surface area contributed by atoms with E-state index in [-0.39, 0.29) is 35.7 Å². The van der Waals surface area contributed by atoms with Crippen molar-refractivity contribution >= 4 is 17.9 Å². The molecule has 0 radical (unpaired) electrons. The highest BCUT2D eigenvalue weighted by Gasteiger charge is 2.48. The lowest BCUT2D eigenvalue weighted by atomic mass is 9.95. The molecule has 0 saturated heterocycles. The number of aryl methyl sites for hydroxylation is 1. The molecule has 1 saturated carbocycles. The average molecular weight is 460 g/mol. The quantitative estimate of drug-likeness (QED) is 0.605. The molecule has 1 aromatic rings. The zero-order chi connectivity index (χ0) is 25.1. The zero-order valence-electron chi connectivity index (χ0n) is 21.6. The van der Waals surface area contributed by atoms with Crippen LogP contribution in [0.15, 0.2) is 24.3 Å². The fraction of sp³-hybridized carbons (Fsp3) is 0.654. The van der Waals surface area contributed by atoms with Gasteiger partial charge in [-0.3, -0.25) is 9.59 Å². The van der Waals surface area contributed by atoms with E-state index >= 15 is 0 Å². The number of hydrogen-bond acceptors (Lipinski definition) is 4. The lowest BCUT2D eigenvalue weighted by Gasteiger charge is -2.37. The van der Waals surface area contributed by atoms with Gasteiger partial charge in [-0.05, 0) is 70.9 Å². The predicted molar refractivity (Wildman–Crippen MR) is 130 cm³/mol. The molecule has 1 aliphatic carbocycles. The Balaban J connectivity index is 2.48. The molecule has 0 aliphatic heterocycles. The van der Waals surface area contributed by atoms with Gasteiger partial charge in [-0.2, -0.15) is 0 Å². The highest BCUT2D eigenvalue weighted by molar-refractivity contribution is 5.93. The van der Waals surface area contributed by atoms with E-state index in [2.05, 4.69) is 17.6 Å². The molecule has 1 fully saturated rings. The van der Waals surface area contributed by atoms with E-state index in [1.165, 1.54) is 0 Å². The van der Waals surface area contributed by atoms with E-state index in [1.54, 1.807) is 25.7 Å². The van der Waals surface area contributed by atoms with Crippen LogP contribution in [0.25, 0.3) is 0 Å². The van der Waals surface area contributed by atoms with Crippen LogP contribution in [0.5, 0.6) is 0 Å². The van der Waals surface area contributed by atoms with Crippen molar-refractivity contribution < 1.29 is 19.1 Å². The van der Waals surface area contributed by atoms with Crippen molar-refractivity contribution in [2.24, 2.45) is 11.8 Å². The maximum absolute atomic E-state index is 14.0. The maximum atomic E-state index is 14.0. The van der Waals surface area contributed by atoms with Crippen LogP contribution in [0.2, 0.25) is 0 Å². The maximum Gasteiger partial charge on any atom is 0.408 e. The van der Waals surface area contributed by atoms with Crippen molar-refractivity contribution in [3.05, 3.63) is 35.4 Å². The Labute approximate surface area is 198 Å². The third kappa shape index (κ3) is 7.21. The van der Waals surface area contributed by atoms with Gasteiger partial charge in [0.25, 0.3) is 0 Å². The summed E-state index contributed by atoms with van der Waals surface area (Å²) in [4.78, 5) is 41.7. The number of alkyl carbamates (subject to hydrolysis) is 1. The molecule has 33 heavy (non-hydrogen) atoms. The van der Waals surface area contributed by atoms with E-state index < -0.39 is 23.8 Å². The van der Waals surface area contributed by atoms with E-state index in [1.807, 2.05) is 58.9 Å². The van der Waals surface area contributed by atoms with Crippen molar-refractivity contribution in [2.45, 2.75) is 98.5 Å². The number of nitrogens with one attached hydrogen (secondary N) is 2. The Hall–Kier alpha value is -2.57. The van der Waals surface area contributed by atoms with Gasteiger partial charge >= 0.3 is 6.09 Å². The van der Waals surface area contributed by atoms with Crippen LogP contribution < -0.4 is 10.6 Å². The van der Waals surface area contributed by atoms with Gasteiger partial charge in [-0.1, -0.05) is 45.0 Å². The smallest absolute Gasteiger partial charge is 0.408 e. The molecule has 0 aromatic heterocycles. The number of carbonyl (C=O) groups excluding carboxylic acids is 3. The van der Waals surface area contributed by atoms with Gasteiger partial charge in [0, 0.05) is 12.1 Å². The van der Waals surface area contributed by atoms with Crippen molar-refractivity contribution in [3.8, 4) is 0 Å². The minimum atomic E-state index is -0.814. The van der Waals surface area contributed by atoms with Crippen LogP contribution in [0.4, 0.5) is 4.79 Å². The molecular weight excluding hydrogens is 418 g/mol. The second-order valence-electron chi connectivity index (χ2n) is 10.8. The molecule has 2 rings (SSSR count). The van der Waals surface area contributed by atoms with E-state index in [0.29, 0.717) is 0 Å². The summed E-state index contributed by atoms with van der Waals surface area (Å²) in [6.07, 6.45) is 0.178. The summed E-state index contributed by atoms with van der Waals surface area (Å²) in [6, 6.07) is 5.92. The largest absolute Gasteiger partial charge is 0.444 e. The Morgan fingerprint density at radius 2 is 1.64 bits per heavy atom. The number of rotatable bonds is 8. The van der Waals surface area contributed by atoms with Gasteiger partial charge in [0.15, 0.2) is 0 Å². The first-order valence-electron chi connectivity index (χ1n) is 11.9. The van der Waals surface area contributed by atoms with E-state index in [4.69, 9.17) is 4.74 Å². The Kier molecular flexibility index (Phi) is 8.55. The number of carbonyl (C=O) groups is 3. The van der Waals surface area contributed by atoms with Crippen molar-refractivity contribution in [2.75, 3.05) is 0 Å². The predicted octanol–water partition coefficient (Wildman–Crippen LogP) is 4.35. The third-order valence-corrected chi connectivity index (χ3v) is 5.72. The molecule has 2 N–H and O–H groups in total. The summed E-state index contributed by atoms with van der Waals surface area (Å²) in [5, 5.41) is 5.76. The van der Waals surface area contributed by atoms with Crippen LogP contribution >= 0.6 is 0 Å².